The van der Waals surface area contributed by atoms with Gasteiger partial charge in [0.2, 0.25) is 11.8 Å². The third-order valence-electron chi connectivity index (χ3n) is 5.29. The summed E-state index contributed by atoms with van der Waals surface area (Å²) in [5.74, 6) is 1.65. The molecule has 1 atom stereocenters. The van der Waals surface area contributed by atoms with E-state index < -0.39 is 0 Å². The van der Waals surface area contributed by atoms with Crippen molar-refractivity contribution < 1.29 is 19.1 Å². The quantitative estimate of drug-likeness (QED) is 0.758. The molecular formula is C21H32N2O4. The average Bonchev–Trinajstić information content (AvgIpc) is 2.71. The van der Waals surface area contributed by atoms with Crippen molar-refractivity contribution in [3.63, 3.8) is 0 Å². The summed E-state index contributed by atoms with van der Waals surface area (Å²) in [6.07, 6.45) is 3.53. The second-order valence-corrected chi connectivity index (χ2v) is 7.16. The Morgan fingerprint density at radius 2 is 1.85 bits per heavy atom. The van der Waals surface area contributed by atoms with Gasteiger partial charge in [-0.3, -0.25) is 9.59 Å². The molecule has 27 heavy (non-hydrogen) atoms. The van der Waals surface area contributed by atoms with E-state index in [4.69, 9.17) is 9.47 Å². The SMILES string of the molecule is CCC(C)NC(=O)C1CCN(C(=O)CCc2ccc(OC)c(OC)c2)CC1. The number of hydrogen-bond donors (Lipinski definition) is 1. The highest BCUT2D eigenvalue weighted by Gasteiger charge is 2.27. The van der Waals surface area contributed by atoms with E-state index >= 15 is 0 Å². The van der Waals surface area contributed by atoms with Gasteiger partial charge in [0.05, 0.1) is 14.2 Å². The Morgan fingerprint density at radius 1 is 1.19 bits per heavy atom. The predicted octanol–water partition coefficient (Wildman–Crippen LogP) is 2.79. The van der Waals surface area contributed by atoms with Gasteiger partial charge in [-0.15, -0.1) is 0 Å². The molecule has 0 radical (unpaired) electrons. The number of likely N-dealkylation sites (tertiary alicyclic amines) is 1. The molecule has 1 saturated heterocycles. The Bertz CT molecular complexity index is 639. The van der Waals surface area contributed by atoms with Gasteiger partial charge in [0.1, 0.15) is 0 Å². The van der Waals surface area contributed by atoms with Gasteiger partial charge in [0.25, 0.3) is 0 Å². The summed E-state index contributed by atoms with van der Waals surface area (Å²) in [5, 5.41) is 3.05. The lowest BCUT2D eigenvalue weighted by Crippen LogP contribution is -2.44. The number of ether oxygens (including phenoxy) is 2. The molecule has 0 bridgehead atoms. The fourth-order valence-corrected chi connectivity index (χ4v) is 3.30. The maximum absolute atomic E-state index is 12.5. The van der Waals surface area contributed by atoms with Crippen molar-refractivity contribution in [2.45, 2.75) is 52.0 Å². The summed E-state index contributed by atoms with van der Waals surface area (Å²) in [4.78, 5) is 26.6. The molecule has 0 aromatic heterocycles. The summed E-state index contributed by atoms with van der Waals surface area (Å²) in [5.41, 5.74) is 1.05. The van der Waals surface area contributed by atoms with Crippen molar-refractivity contribution in [3.8, 4) is 11.5 Å². The first-order chi connectivity index (χ1) is 13.0. The lowest BCUT2D eigenvalue weighted by Gasteiger charge is -2.32. The van der Waals surface area contributed by atoms with Gasteiger partial charge in [-0.25, -0.2) is 0 Å². The molecule has 0 spiro atoms. The van der Waals surface area contributed by atoms with Gasteiger partial charge in [0.15, 0.2) is 11.5 Å². The Morgan fingerprint density at radius 3 is 2.44 bits per heavy atom. The topological polar surface area (TPSA) is 67.9 Å². The van der Waals surface area contributed by atoms with Crippen LogP contribution in [0.2, 0.25) is 0 Å². The van der Waals surface area contributed by atoms with E-state index in [9.17, 15) is 9.59 Å². The van der Waals surface area contributed by atoms with E-state index in [2.05, 4.69) is 12.2 Å². The molecule has 2 rings (SSSR count). The zero-order chi connectivity index (χ0) is 19.8. The third-order valence-corrected chi connectivity index (χ3v) is 5.29. The van der Waals surface area contributed by atoms with E-state index in [1.54, 1.807) is 14.2 Å². The molecule has 0 saturated carbocycles. The number of amides is 2. The van der Waals surface area contributed by atoms with Crippen LogP contribution in [0.25, 0.3) is 0 Å². The number of rotatable bonds is 8. The van der Waals surface area contributed by atoms with Crippen molar-refractivity contribution >= 4 is 11.8 Å². The Labute approximate surface area is 162 Å². The Balaban J connectivity index is 1.80. The van der Waals surface area contributed by atoms with Gasteiger partial charge in [-0.2, -0.15) is 0 Å². The summed E-state index contributed by atoms with van der Waals surface area (Å²) >= 11 is 0. The number of hydrogen-bond acceptors (Lipinski definition) is 4. The third kappa shape index (κ3) is 5.88. The Kier molecular flexibility index (Phi) is 7.95. The minimum Gasteiger partial charge on any atom is -0.493 e. The van der Waals surface area contributed by atoms with Crippen LogP contribution in [0.5, 0.6) is 11.5 Å². The number of carbonyl (C=O) groups excluding carboxylic acids is 2. The molecule has 1 aliphatic rings. The van der Waals surface area contributed by atoms with Crippen molar-refractivity contribution in [1.29, 1.82) is 0 Å². The summed E-state index contributed by atoms with van der Waals surface area (Å²) < 4.78 is 10.6. The van der Waals surface area contributed by atoms with Crippen LogP contribution in [-0.4, -0.2) is 50.1 Å². The van der Waals surface area contributed by atoms with Crippen LogP contribution in [0.4, 0.5) is 0 Å². The van der Waals surface area contributed by atoms with Crippen molar-refractivity contribution in [2.24, 2.45) is 5.92 Å². The second-order valence-electron chi connectivity index (χ2n) is 7.16. The highest BCUT2D eigenvalue weighted by Crippen LogP contribution is 2.28. The number of benzene rings is 1. The second kappa shape index (κ2) is 10.2. The van der Waals surface area contributed by atoms with E-state index in [1.807, 2.05) is 30.0 Å². The predicted molar refractivity (Wildman–Crippen MR) is 105 cm³/mol. The van der Waals surface area contributed by atoms with E-state index in [0.29, 0.717) is 37.4 Å². The molecule has 1 heterocycles. The largest absolute Gasteiger partial charge is 0.493 e. The van der Waals surface area contributed by atoms with Crippen molar-refractivity contribution in [1.82, 2.24) is 10.2 Å². The van der Waals surface area contributed by atoms with E-state index in [1.165, 1.54) is 0 Å². The van der Waals surface area contributed by atoms with Crippen molar-refractivity contribution in [3.05, 3.63) is 23.8 Å². The van der Waals surface area contributed by atoms with Gasteiger partial charge >= 0.3 is 0 Å². The monoisotopic (exact) mass is 376 g/mol. The van der Waals surface area contributed by atoms with Gasteiger partial charge in [0, 0.05) is 31.5 Å². The smallest absolute Gasteiger partial charge is 0.223 e. The minimum absolute atomic E-state index is 0.0221. The van der Waals surface area contributed by atoms with Crippen LogP contribution >= 0.6 is 0 Å². The standard InChI is InChI=1S/C21H32N2O4/c1-5-15(2)22-21(25)17-10-12-23(13-11-17)20(24)9-7-16-6-8-18(26-3)19(14-16)27-4/h6,8,14-15,17H,5,7,9-13H2,1-4H3,(H,22,25). The molecule has 6 nitrogen and oxygen atoms in total. The van der Waals surface area contributed by atoms with Crippen molar-refractivity contribution in [2.75, 3.05) is 27.3 Å². The lowest BCUT2D eigenvalue weighted by atomic mass is 9.95. The normalized spacial score (nSPS) is 15.9. The van der Waals surface area contributed by atoms with Crippen LogP contribution in [0.1, 0.15) is 45.1 Å². The molecule has 150 valence electrons. The zero-order valence-electron chi connectivity index (χ0n) is 16.9. The van der Waals surface area contributed by atoms with Gasteiger partial charge < -0.3 is 19.7 Å². The fourth-order valence-electron chi connectivity index (χ4n) is 3.30. The molecule has 1 fully saturated rings. The Hall–Kier alpha value is -2.24. The maximum atomic E-state index is 12.5. The number of aryl methyl sites for hydroxylation is 1. The van der Waals surface area contributed by atoms with Crippen LogP contribution in [0.15, 0.2) is 18.2 Å². The fraction of sp³-hybridized carbons (Fsp3) is 0.619. The number of methoxy groups -OCH3 is 2. The number of nitrogens with zero attached hydrogens (tertiary/aromatic N) is 1. The number of nitrogens with one attached hydrogen (secondary N) is 1. The highest BCUT2D eigenvalue weighted by molar-refractivity contribution is 5.80. The van der Waals surface area contributed by atoms with Crippen LogP contribution < -0.4 is 14.8 Å². The first-order valence-electron chi connectivity index (χ1n) is 9.77. The van der Waals surface area contributed by atoms with Gasteiger partial charge in [-0.1, -0.05) is 13.0 Å². The first-order valence-corrected chi connectivity index (χ1v) is 9.77. The molecule has 1 aromatic rings. The minimum atomic E-state index is 0.0221. The van der Waals surface area contributed by atoms with Crippen LogP contribution in [-0.2, 0) is 16.0 Å². The average molecular weight is 376 g/mol. The summed E-state index contributed by atoms with van der Waals surface area (Å²) in [6.45, 7) is 5.39. The van der Waals surface area contributed by atoms with E-state index in [0.717, 1.165) is 24.8 Å². The van der Waals surface area contributed by atoms with Gasteiger partial charge in [-0.05, 0) is 50.3 Å². The molecule has 6 heteroatoms. The van der Waals surface area contributed by atoms with E-state index in [-0.39, 0.29) is 23.8 Å². The molecule has 2 amide bonds. The first kappa shape index (κ1) is 21.1. The van der Waals surface area contributed by atoms with Crippen LogP contribution in [0, 0.1) is 5.92 Å². The molecule has 1 unspecified atom stereocenters. The zero-order valence-corrected chi connectivity index (χ0v) is 16.9. The lowest BCUT2D eigenvalue weighted by molar-refractivity contribution is -0.135. The maximum Gasteiger partial charge on any atom is 0.223 e. The number of piperidine rings is 1. The summed E-state index contributed by atoms with van der Waals surface area (Å²) in [6, 6.07) is 5.94. The molecule has 1 aliphatic heterocycles. The molecule has 1 aromatic carbocycles. The molecule has 1 N–H and O–H groups in total. The molecule has 0 aliphatic carbocycles. The highest BCUT2D eigenvalue weighted by atomic mass is 16.5. The number of carbonyl (C=O) groups is 2. The molecular weight excluding hydrogens is 344 g/mol. The summed E-state index contributed by atoms with van der Waals surface area (Å²) in [7, 11) is 3.21. The van der Waals surface area contributed by atoms with Crippen LogP contribution in [0.3, 0.4) is 0 Å².